The molecule has 9 heteroatoms. The molecule has 1 aliphatic heterocycles. The molecule has 4 rings (SSSR count). The predicted molar refractivity (Wildman–Crippen MR) is 113 cm³/mol. The third-order valence-electron chi connectivity index (χ3n) is 6.42. The number of alkyl halides is 3. The molecule has 2 N–H and O–H groups in total. The molecule has 6 nitrogen and oxygen atoms in total. The second kappa shape index (κ2) is 8.78. The maximum Gasteiger partial charge on any atom is 0.419 e. The van der Waals surface area contributed by atoms with E-state index >= 15 is 0 Å². The van der Waals surface area contributed by atoms with E-state index in [0.717, 1.165) is 63.9 Å². The molecule has 0 unspecified atom stereocenters. The first-order chi connectivity index (χ1) is 14.7. The zero-order chi connectivity index (χ0) is 22.2. The van der Waals surface area contributed by atoms with Crippen molar-refractivity contribution in [1.29, 1.82) is 0 Å². The molecular weight excluding hydrogens is 407 g/mol. The van der Waals surface area contributed by atoms with Gasteiger partial charge < -0.3 is 15.0 Å². The standard InChI is InChI=1S/C22H30F3N5O/c1-14(2)21-28-19(15-11-18(22(23,24)25)20(26)27-12-15)13-30(21)17-5-3-16(4-6-17)29-7-9-31-10-8-29/h11-14,16-17H,3-10H2,1-2H3,(H2,26,27). The zero-order valence-electron chi connectivity index (χ0n) is 18.0. The summed E-state index contributed by atoms with van der Waals surface area (Å²) in [4.78, 5) is 11.0. The number of hydrogen-bond acceptors (Lipinski definition) is 5. The lowest BCUT2D eigenvalue weighted by Gasteiger charge is -2.39. The Kier molecular flexibility index (Phi) is 6.25. The minimum atomic E-state index is -4.55. The lowest BCUT2D eigenvalue weighted by molar-refractivity contribution is -0.137. The molecule has 2 aliphatic rings. The van der Waals surface area contributed by atoms with Crippen LogP contribution in [-0.2, 0) is 10.9 Å². The molecule has 2 fully saturated rings. The molecule has 1 aliphatic carbocycles. The summed E-state index contributed by atoms with van der Waals surface area (Å²) in [5.74, 6) is 0.547. The molecular formula is C22H30F3N5O. The number of ether oxygens (including phenoxy) is 1. The lowest BCUT2D eigenvalue weighted by Crippen LogP contribution is -2.45. The van der Waals surface area contributed by atoms with Crippen LogP contribution in [0, 0.1) is 0 Å². The van der Waals surface area contributed by atoms with Gasteiger partial charge in [0, 0.05) is 49.0 Å². The van der Waals surface area contributed by atoms with Gasteiger partial charge in [-0.15, -0.1) is 0 Å². The van der Waals surface area contributed by atoms with E-state index in [1.807, 2.05) is 6.20 Å². The molecule has 0 aromatic carbocycles. The van der Waals surface area contributed by atoms with Crippen LogP contribution in [0.1, 0.15) is 62.9 Å². The van der Waals surface area contributed by atoms with Gasteiger partial charge in [-0.3, -0.25) is 4.90 Å². The molecule has 1 saturated heterocycles. The number of aromatic nitrogens is 3. The Morgan fingerprint density at radius 1 is 1.10 bits per heavy atom. The topological polar surface area (TPSA) is 69.2 Å². The van der Waals surface area contributed by atoms with Crippen LogP contribution in [-0.4, -0.2) is 51.8 Å². The summed E-state index contributed by atoms with van der Waals surface area (Å²) in [5.41, 5.74) is 5.39. The van der Waals surface area contributed by atoms with E-state index in [9.17, 15) is 13.2 Å². The number of halogens is 3. The van der Waals surface area contributed by atoms with E-state index < -0.39 is 17.6 Å². The quantitative estimate of drug-likeness (QED) is 0.764. The highest BCUT2D eigenvalue weighted by atomic mass is 19.4. The molecule has 0 spiro atoms. The smallest absolute Gasteiger partial charge is 0.383 e. The van der Waals surface area contributed by atoms with Crippen LogP contribution >= 0.6 is 0 Å². The van der Waals surface area contributed by atoms with Crippen LogP contribution in [0.4, 0.5) is 19.0 Å². The third-order valence-corrected chi connectivity index (χ3v) is 6.42. The number of hydrogen-bond donors (Lipinski definition) is 1. The van der Waals surface area contributed by atoms with Gasteiger partial charge in [0.15, 0.2) is 0 Å². The molecule has 0 atom stereocenters. The van der Waals surface area contributed by atoms with Crippen LogP contribution in [0.5, 0.6) is 0 Å². The number of rotatable bonds is 4. The molecule has 0 amide bonds. The summed E-state index contributed by atoms with van der Waals surface area (Å²) < 4.78 is 47.5. The van der Waals surface area contributed by atoms with E-state index in [-0.39, 0.29) is 5.92 Å². The van der Waals surface area contributed by atoms with Crippen molar-refractivity contribution in [1.82, 2.24) is 19.4 Å². The second-order valence-corrected chi connectivity index (χ2v) is 8.81. The van der Waals surface area contributed by atoms with Crippen molar-refractivity contribution >= 4 is 5.82 Å². The molecule has 0 bridgehead atoms. The van der Waals surface area contributed by atoms with Gasteiger partial charge in [-0.1, -0.05) is 13.8 Å². The maximum absolute atomic E-state index is 13.3. The molecule has 2 aromatic heterocycles. The van der Waals surface area contributed by atoms with Gasteiger partial charge in [0.2, 0.25) is 0 Å². The number of nitrogens with two attached hydrogens (primary N) is 1. The molecule has 31 heavy (non-hydrogen) atoms. The van der Waals surface area contributed by atoms with Gasteiger partial charge in [0.25, 0.3) is 0 Å². The summed E-state index contributed by atoms with van der Waals surface area (Å²) in [7, 11) is 0. The molecule has 170 valence electrons. The second-order valence-electron chi connectivity index (χ2n) is 8.81. The van der Waals surface area contributed by atoms with Gasteiger partial charge in [-0.2, -0.15) is 13.2 Å². The van der Waals surface area contributed by atoms with E-state index in [1.165, 1.54) is 6.20 Å². The maximum atomic E-state index is 13.3. The fraction of sp³-hybridized carbons (Fsp3) is 0.636. The van der Waals surface area contributed by atoms with E-state index in [2.05, 4.69) is 28.3 Å². The van der Waals surface area contributed by atoms with E-state index in [0.29, 0.717) is 23.3 Å². The van der Waals surface area contributed by atoms with Gasteiger partial charge in [-0.25, -0.2) is 9.97 Å². The Morgan fingerprint density at radius 3 is 2.35 bits per heavy atom. The third kappa shape index (κ3) is 4.72. The normalized spacial score (nSPS) is 23.4. The lowest BCUT2D eigenvalue weighted by atomic mass is 9.89. The highest BCUT2D eigenvalue weighted by Gasteiger charge is 2.35. The van der Waals surface area contributed by atoms with E-state index in [4.69, 9.17) is 15.5 Å². The minimum Gasteiger partial charge on any atom is -0.383 e. The monoisotopic (exact) mass is 437 g/mol. The number of pyridine rings is 1. The van der Waals surface area contributed by atoms with Crippen molar-refractivity contribution in [2.75, 3.05) is 32.0 Å². The summed E-state index contributed by atoms with van der Waals surface area (Å²) in [6, 6.07) is 1.94. The van der Waals surface area contributed by atoms with Crippen LogP contribution in [0.15, 0.2) is 18.5 Å². The minimum absolute atomic E-state index is 0.162. The first-order valence-electron chi connectivity index (χ1n) is 11.0. The number of nitrogens with zero attached hydrogens (tertiary/aromatic N) is 4. The first-order valence-corrected chi connectivity index (χ1v) is 11.0. The van der Waals surface area contributed by atoms with Crippen molar-refractivity contribution in [2.45, 2.75) is 63.7 Å². The SMILES string of the molecule is CC(C)c1nc(-c2cnc(N)c(C(F)(F)F)c2)cn1C1CCC(N2CCOCC2)CC1. The van der Waals surface area contributed by atoms with Crippen molar-refractivity contribution in [3.8, 4) is 11.3 Å². The summed E-state index contributed by atoms with van der Waals surface area (Å²) >= 11 is 0. The Hall–Kier alpha value is -2.13. The fourth-order valence-electron chi connectivity index (χ4n) is 4.75. The Balaban J connectivity index is 1.56. The van der Waals surface area contributed by atoms with Crippen LogP contribution in [0.25, 0.3) is 11.3 Å². The average Bonchev–Trinajstić information content (AvgIpc) is 3.20. The summed E-state index contributed by atoms with van der Waals surface area (Å²) in [5, 5.41) is 0. The van der Waals surface area contributed by atoms with Gasteiger partial charge in [0.05, 0.1) is 24.5 Å². The molecule has 3 heterocycles. The number of nitrogen functional groups attached to an aromatic ring is 1. The van der Waals surface area contributed by atoms with E-state index in [1.54, 1.807) is 0 Å². The highest BCUT2D eigenvalue weighted by Crippen LogP contribution is 2.37. The number of imidazole rings is 1. The molecule has 0 radical (unpaired) electrons. The Labute approximate surface area is 180 Å². The average molecular weight is 438 g/mol. The van der Waals surface area contributed by atoms with Gasteiger partial charge in [0.1, 0.15) is 11.6 Å². The van der Waals surface area contributed by atoms with Crippen LogP contribution in [0.2, 0.25) is 0 Å². The first kappa shape index (κ1) is 22.1. The molecule has 2 aromatic rings. The van der Waals surface area contributed by atoms with Crippen LogP contribution in [0.3, 0.4) is 0 Å². The van der Waals surface area contributed by atoms with Gasteiger partial charge in [-0.05, 0) is 31.7 Å². The highest BCUT2D eigenvalue weighted by molar-refractivity contribution is 5.62. The number of morpholine rings is 1. The van der Waals surface area contributed by atoms with Crippen molar-refractivity contribution in [3.05, 3.63) is 29.8 Å². The largest absolute Gasteiger partial charge is 0.419 e. The van der Waals surface area contributed by atoms with Gasteiger partial charge >= 0.3 is 6.18 Å². The van der Waals surface area contributed by atoms with Crippen molar-refractivity contribution in [2.24, 2.45) is 0 Å². The predicted octanol–water partition coefficient (Wildman–Crippen LogP) is 4.49. The van der Waals surface area contributed by atoms with Crippen molar-refractivity contribution < 1.29 is 17.9 Å². The number of anilines is 1. The summed E-state index contributed by atoms with van der Waals surface area (Å²) in [6.07, 6.45) is 3.00. The zero-order valence-corrected chi connectivity index (χ0v) is 18.0. The Morgan fingerprint density at radius 2 is 1.74 bits per heavy atom. The van der Waals surface area contributed by atoms with Crippen molar-refractivity contribution in [3.63, 3.8) is 0 Å². The summed E-state index contributed by atoms with van der Waals surface area (Å²) in [6.45, 7) is 7.71. The molecule has 1 saturated carbocycles. The fourth-order valence-corrected chi connectivity index (χ4v) is 4.75. The Bertz CT molecular complexity index is 897. The van der Waals surface area contributed by atoms with Crippen LogP contribution < -0.4 is 5.73 Å².